The molecule has 1 aromatic carbocycles. The van der Waals surface area contributed by atoms with Crippen molar-refractivity contribution in [3.05, 3.63) is 47.8 Å². The number of hydrogen-bond acceptors (Lipinski definition) is 2. The van der Waals surface area contributed by atoms with E-state index in [1.54, 1.807) is 16.8 Å². The predicted molar refractivity (Wildman–Crippen MR) is 67.5 cm³/mol. The molecular weight excluding hydrogens is 284 g/mol. The van der Waals surface area contributed by atoms with E-state index in [2.05, 4.69) is 21.0 Å². The summed E-state index contributed by atoms with van der Waals surface area (Å²) < 4.78 is 1.77. The maximum absolute atomic E-state index is 10.5. The van der Waals surface area contributed by atoms with E-state index in [4.69, 9.17) is 5.11 Å². The highest BCUT2D eigenvalue weighted by molar-refractivity contribution is 9.08. The number of aromatic nitrogens is 2. The molecule has 1 aromatic heterocycles. The predicted octanol–water partition coefficient (Wildman–Crippen LogP) is 2.39. The van der Waals surface area contributed by atoms with Crippen LogP contribution in [0, 0.1) is 0 Å². The van der Waals surface area contributed by atoms with Crippen LogP contribution in [0.5, 0.6) is 0 Å². The number of hydrogen-bond donors (Lipinski definition) is 1. The van der Waals surface area contributed by atoms with E-state index in [1.165, 1.54) is 0 Å². The molecule has 0 amide bonds. The molecule has 1 heterocycles. The van der Waals surface area contributed by atoms with Gasteiger partial charge in [-0.15, -0.1) is 0 Å². The van der Waals surface area contributed by atoms with Gasteiger partial charge in [0.1, 0.15) is 0 Å². The Bertz CT molecular complexity index is 520. The van der Waals surface area contributed by atoms with Crippen LogP contribution in [0.4, 0.5) is 0 Å². The molecule has 0 fully saturated rings. The number of carbonyl (C=O) groups is 1. The van der Waals surface area contributed by atoms with Crippen molar-refractivity contribution >= 4 is 21.9 Å². The first kappa shape index (κ1) is 11.9. The molecule has 0 spiro atoms. The third-order valence-electron chi connectivity index (χ3n) is 2.34. The van der Waals surface area contributed by atoms with Crippen LogP contribution in [0.1, 0.15) is 11.3 Å². The molecule has 0 saturated carbocycles. The van der Waals surface area contributed by atoms with E-state index in [-0.39, 0.29) is 6.42 Å². The molecule has 4 nitrogen and oxygen atoms in total. The Morgan fingerprint density at radius 3 is 2.53 bits per heavy atom. The third-order valence-corrected chi connectivity index (χ3v) is 2.91. The number of carboxylic acids is 1. The Morgan fingerprint density at radius 1 is 1.29 bits per heavy atom. The molecule has 88 valence electrons. The molecule has 5 heteroatoms. The molecule has 1 N–H and O–H groups in total. The zero-order valence-corrected chi connectivity index (χ0v) is 10.6. The first-order valence-electron chi connectivity index (χ1n) is 5.10. The smallest absolute Gasteiger partial charge is 0.307 e. The number of carboxylic acid groups (broad SMARTS) is 1. The average Bonchev–Trinajstić information content (AvgIpc) is 2.78. The van der Waals surface area contributed by atoms with Crippen LogP contribution in [0.3, 0.4) is 0 Å². The minimum atomic E-state index is -0.821. The second kappa shape index (κ2) is 5.14. The summed E-state index contributed by atoms with van der Waals surface area (Å²) in [6.07, 6.45) is 1.93. The van der Waals surface area contributed by atoms with E-state index in [9.17, 15) is 4.79 Å². The largest absolute Gasteiger partial charge is 0.481 e. The van der Waals surface area contributed by atoms with E-state index in [0.717, 1.165) is 22.3 Å². The van der Waals surface area contributed by atoms with Crippen LogP contribution in [-0.2, 0) is 16.5 Å². The molecule has 0 aliphatic carbocycles. The first-order valence-corrected chi connectivity index (χ1v) is 6.23. The Balaban J connectivity index is 2.19. The molecule has 0 aliphatic rings. The van der Waals surface area contributed by atoms with Crippen LogP contribution in [0.25, 0.3) is 5.69 Å². The molecule has 2 rings (SSSR count). The number of rotatable bonds is 4. The van der Waals surface area contributed by atoms with Gasteiger partial charge in [-0.1, -0.05) is 28.1 Å². The quantitative estimate of drug-likeness (QED) is 0.881. The van der Waals surface area contributed by atoms with Gasteiger partial charge in [0.15, 0.2) is 0 Å². The van der Waals surface area contributed by atoms with Crippen molar-refractivity contribution in [2.24, 2.45) is 0 Å². The fourth-order valence-corrected chi connectivity index (χ4v) is 1.82. The summed E-state index contributed by atoms with van der Waals surface area (Å²) in [6.45, 7) is 0. The summed E-state index contributed by atoms with van der Waals surface area (Å²) >= 11 is 3.34. The lowest BCUT2D eigenvalue weighted by Crippen LogP contribution is -2.01. The molecule has 2 aromatic rings. The van der Waals surface area contributed by atoms with Crippen LogP contribution in [-0.4, -0.2) is 20.9 Å². The molecule has 0 saturated heterocycles. The summed E-state index contributed by atoms with van der Waals surface area (Å²) in [5, 5.41) is 13.7. The third kappa shape index (κ3) is 2.94. The zero-order valence-electron chi connectivity index (χ0n) is 9.01. The van der Waals surface area contributed by atoms with Gasteiger partial charge in [0.05, 0.1) is 17.8 Å². The van der Waals surface area contributed by atoms with E-state index in [0.29, 0.717) is 0 Å². The van der Waals surface area contributed by atoms with Gasteiger partial charge in [-0.25, -0.2) is 4.68 Å². The van der Waals surface area contributed by atoms with Crippen molar-refractivity contribution in [3.63, 3.8) is 0 Å². The Hall–Kier alpha value is -1.62. The summed E-state index contributed by atoms with van der Waals surface area (Å²) in [7, 11) is 0. The van der Waals surface area contributed by atoms with E-state index in [1.807, 2.05) is 24.4 Å². The van der Waals surface area contributed by atoms with Gasteiger partial charge in [-0.2, -0.15) is 5.10 Å². The van der Waals surface area contributed by atoms with Crippen molar-refractivity contribution in [1.29, 1.82) is 0 Å². The lowest BCUT2D eigenvalue weighted by atomic mass is 10.1. The number of nitrogens with zero attached hydrogens (tertiary/aromatic N) is 2. The fraction of sp³-hybridized carbons (Fsp3) is 0.167. The number of aliphatic carboxylic acids is 1. The van der Waals surface area contributed by atoms with Crippen LogP contribution >= 0.6 is 15.9 Å². The van der Waals surface area contributed by atoms with Crippen molar-refractivity contribution in [2.75, 3.05) is 0 Å². The number of benzene rings is 1. The van der Waals surface area contributed by atoms with Crippen LogP contribution < -0.4 is 0 Å². The molecular formula is C12H11BrN2O2. The van der Waals surface area contributed by atoms with E-state index < -0.39 is 5.97 Å². The maximum Gasteiger partial charge on any atom is 0.307 e. The van der Waals surface area contributed by atoms with Crippen molar-refractivity contribution in [1.82, 2.24) is 9.78 Å². The highest BCUT2D eigenvalue weighted by atomic mass is 79.9. The van der Waals surface area contributed by atoms with Crippen LogP contribution in [0.15, 0.2) is 36.5 Å². The van der Waals surface area contributed by atoms with Crippen molar-refractivity contribution in [2.45, 2.75) is 11.8 Å². The Morgan fingerprint density at radius 2 is 2.00 bits per heavy atom. The molecule has 0 bridgehead atoms. The van der Waals surface area contributed by atoms with Crippen molar-refractivity contribution < 1.29 is 9.90 Å². The van der Waals surface area contributed by atoms with Gasteiger partial charge in [0, 0.05) is 11.5 Å². The van der Waals surface area contributed by atoms with E-state index >= 15 is 0 Å². The summed E-state index contributed by atoms with van der Waals surface area (Å²) in [5.74, 6) is -0.821. The van der Waals surface area contributed by atoms with Gasteiger partial charge < -0.3 is 5.11 Å². The van der Waals surface area contributed by atoms with Crippen LogP contribution in [0.2, 0.25) is 0 Å². The Kier molecular flexibility index (Phi) is 3.58. The highest BCUT2D eigenvalue weighted by Crippen LogP contribution is 2.11. The van der Waals surface area contributed by atoms with Gasteiger partial charge in [-0.3, -0.25) is 4.79 Å². The lowest BCUT2D eigenvalue weighted by Gasteiger charge is -2.02. The number of alkyl halides is 1. The van der Waals surface area contributed by atoms with Gasteiger partial charge in [0.2, 0.25) is 0 Å². The molecule has 0 radical (unpaired) electrons. The van der Waals surface area contributed by atoms with Gasteiger partial charge >= 0.3 is 5.97 Å². The molecule has 17 heavy (non-hydrogen) atoms. The van der Waals surface area contributed by atoms with Gasteiger partial charge in [-0.05, 0) is 23.8 Å². The molecule has 0 unspecified atom stereocenters. The lowest BCUT2D eigenvalue weighted by molar-refractivity contribution is -0.136. The summed E-state index contributed by atoms with van der Waals surface area (Å²) in [6, 6.07) is 9.27. The van der Waals surface area contributed by atoms with Gasteiger partial charge in [0.25, 0.3) is 0 Å². The standard InChI is InChI=1S/C12H11BrN2O2/c13-8-10-5-6-15(14-10)11-3-1-9(2-4-11)7-12(16)17/h1-6H,7-8H2,(H,16,17). The first-order chi connectivity index (χ1) is 8.19. The molecule has 0 atom stereocenters. The Labute approximate surface area is 107 Å². The minimum absolute atomic E-state index is 0.0477. The fourth-order valence-electron chi connectivity index (χ4n) is 1.52. The second-order valence-corrected chi connectivity index (χ2v) is 4.18. The second-order valence-electron chi connectivity index (χ2n) is 3.62. The SMILES string of the molecule is O=C(O)Cc1ccc(-n2ccc(CBr)n2)cc1. The molecule has 0 aliphatic heterocycles. The average molecular weight is 295 g/mol. The zero-order chi connectivity index (χ0) is 12.3. The maximum atomic E-state index is 10.5. The number of halogens is 1. The normalized spacial score (nSPS) is 10.4. The summed E-state index contributed by atoms with van der Waals surface area (Å²) in [4.78, 5) is 10.5. The monoisotopic (exact) mass is 294 g/mol. The van der Waals surface area contributed by atoms with Crippen molar-refractivity contribution in [3.8, 4) is 5.69 Å². The topological polar surface area (TPSA) is 55.1 Å². The highest BCUT2D eigenvalue weighted by Gasteiger charge is 2.02. The summed E-state index contributed by atoms with van der Waals surface area (Å²) in [5.41, 5.74) is 2.67. The minimum Gasteiger partial charge on any atom is -0.481 e.